The number of benzene rings is 1. The van der Waals surface area contributed by atoms with Gasteiger partial charge in [0.05, 0.1) is 12.8 Å². The van der Waals surface area contributed by atoms with Gasteiger partial charge in [0, 0.05) is 25.2 Å². The van der Waals surface area contributed by atoms with E-state index in [0.29, 0.717) is 42.6 Å². The smallest absolute Gasteiger partial charge is 0.313 e. The molecule has 2 N–H and O–H groups in total. The van der Waals surface area contributed by atoms with Gasteiger partial charge in [0.1, 0.15) is 5.75 Å². The van der Waals surface area contributed by atoms with Gasteiger partial charge in [-0.15, -0.1) is 0 Å². The summed E-state index contributed by atoms with van der Waals surface area (Å²) in [6.07, 6.45) is 9.50. The van der Waals surface area contributed by atoms with Crippen LogP contribution in [0.15, 0.2) is 30.4 Å². The highest BCUT2D eigenvalue weighted by Crippen LogP contribution is 2.33. The van der Waals surface area contributed by atoms with Crippen LogP contribution >= 0.6 is 0 Å². The van der Waals surface area contributed by atoms with Gasteiger partial charge in [-0.25, -0.2) is 0 Å². The average Bonchev–Trinajstić information content (AvgIpc) is 2.73. The fraction of sp³-hybridized carbons (Fsp3) is 0.476. The maximum atomic E-state index is 12.3. The number of anilines is 2. The normalized spacial score (nSPS) is 19.2. The monoisotopic (exact) mass is 385 g/mol. The second kappa shape index (κ2) is 9.39. The quantitative estimate of drug-likeness (QED) is 0.602. The molecule has 1 aromatic carbocycles. The van der Waals surface area contributed by atoms with E-state index < -0.39 is 11.8 Å². The third-order valence-corrected chi connectivity index (χ3v) is 5.19. The number of rotatable bonds is 5. The van der Waals surface area contributed by atoms with E-state index >= 15 is 0 Å². The zero-order chi connectivity index (χ0) is 19.9. The van der Waals surface area contributed by atoms with Crippen molar-refractivity contribution in [3.8, 4) is 5.75 Å². The van der Waals surface area contributed by atoms with Gasteiger partial charge in [-0.3, -0.25) is 14.4 Å². The molecule has 1 aliphatic heterocycles. The summed E-state index contributed by atoms with van der Waals surface area (Å²) in [5.41, 5.74) is 1.06. The minimum atomic E-state index is -0.715. The van der Waals surface area contributed by atoms with Crippen LogP contribution in [0, 0.1) is 5.92 Å². The van der Waals surface area contributed by atoms with E-state index in [9.17, 15) is 14.4 Å². The molecule has 150 valence electrons. The molecular formula is C21H27N3O4. The zero-order valence-electron chi connectivity index (χ0n) is 16.2. The molecule has 7 heteroatoms. The van der Waals surface area contributed by atoms with Gasteiger partial charge in [0.25, 0.3) is 0 Å². The first-order valence-corrected chi connectivity index (χ1v) is 9.81. The minimum absolute atomic E-state index is 0.0345. The Morgan fingerprint density at radius 3 is 2.79 bits per heavy atom. The number of piperidine rings is 1. The highest BCUT2D eigenvalue weighted by atomic mass is 16.5. The maximum Gasteiger partial charge on any atom is 0.313 e. The number of ether oxygens (including phenoxy) is 1. The van der Waals surface area contributed by atoms with Crippen molar-refractivity contribution in [2.75, 3.05) is 30.4 Å². The van der Waals surface area contributed by atoms with Crippen LogP contribution in [0.2, 0.25) is 0 Å². The van der Waals surface area contributed by atoms with Crippen LogP contribution in [0.4, 0.5) is 11.4 Å². The van der Waals surface area contributed by atoms with Crippen LogP contribution < -0.4 is 20.3 Å². The molecule has 0 bridgehead atoms. The number of allylic oxidation sites excluding steroid dienone is 2. The molecule has 28 heavy (non-hydrogen) atoms. The van der Waals surface area contributed by atoms with Gasteiger partial charge in [0.2, 0.25) is 5.91 Å². The van der Waals surface area contributed by atoms with E-state index in [1.807, 2.05) is 0 Å². The topological polar surface area (TPSA) is 87.7 Å². The fourth-order valence-electron chi connectivity index (χ4n) is 3.59. The Morgan fingerprint density at radius 1 is 1.21 bits per heavy atom. The third-order valence-electron chi connectivity index (χ3n) is 5.19. The highest BCUT2D eigenvalue weighted by Gasteiger charge is 2.24. The highest BCUT2D eigenvalue weighted by molar-refractivity contribution is 6.39. The molecular weight excluding hydrogens is 358 g/mol. The number of carbonyl (C=O) groups is 3. The number of amides is 3. The molecule has 1 aromatic rings. The molecule has 0 radical (unpaired) electrons. The lowest BCUT2D eigenvalue weighted by molar-refractivity contribution is -0.136. The summed E-state index contributed by atoms with van der Waals surface area (Å²) in [6.45, 7) is 1.11. The Labute approximate surface area is 165 Å². The molecule has 0 saturated carbocycles. The Morgan fingerprint density at radius 2 is 2.07 bits per heavy atom. The fourth-order valence-corrected chi connectivity index (χ4v) is 3.59. The van der Waals surface area contributed by atoms with E-state index in [0.717, 1.165) is 32.1 Å². The summed E-state index contributed by atoms with van der Waals surface area (Å²) < 4.78 is 5.37. The van der Waals surface area contributed by atoms with E-state index in [1.54, 1.807) is 30.2 Å². The molecule has 0 aromatic heterocycles. The molecule has 1 heterocycles. The van der Waals surface area contributed by atoms with Crippen LogP contribution in [0.25, 0.3) is 0 Å². The summed E-state index contributed by atoms with van der Waals surface area (Å²) in [5, 5.41) is 5.32. The first-order valence-electron chi connectivity index (χ1n) is 9.81. The summed E-state index contributed by atoms with van der Waals surface area (Å²) in [7, 11) is 1.54. The zero-order valence-corrected chi connectivity index (χ0v) is 16.2. The molecule has 1 aliphatic carbocycles. The van der Waals surface area contributed by atoms with Gasteiger partial charge in [-0.1, -0.05) is 12.2 Å². The van der Waals surface area contributed by atoms with E-state index in [2.05, 4.69) is 22.8 Å². The molecule has 2 aliphatic rings. The van der Waals surface area contributed by atoms with Crippen LogP contribution in [0.5, 0.6) is 5.75 Å². The predicted molar refractivity (Wildman–Crippen MR) is 107 cm³/mol. The first-order chi connectivity index (χ1) is 13.6. The van der Waals surface area contributed by atoms with Crippen molar-refractivity contribution in [1.82, 2.24) is 5.32 Å². The molecule has 1 unspecified atom stereocenters. The van der Waals surface area contributed by atoms with Crippen LogP contribution in [-0.4, -0.2) is 37.9 Å². The lowest BCUT2D eigenvalue weighted by Crippen LogP contribution is -2.38. The summed E-state index contributed by atoms with van der Waals surface area (Å²) in [5.74, 6) is -0.400. The first kappa shape index (κ1) is 19.9. The van der Waals surface area contributed by atoms with Crippen LogP contribution in [0.1, 0.15) is 38.5 Å². The van der Waals surface area contributed by atoms with Crippen molar-refractivity contribution in [2.45, 2.75) is 38.5 Å². The average molecular weight is 385 g/mol. The molecule has 3 amide bonds. The molecule has 1 atom stereocenters. The van der Waals surface area contributed by atoms with Crippen molar-refractivity contribution in [3.63, 3.8) is 0 Å². The van der Waals surface area contributed by atoms with Crippen LogP contribution in [-0.2, 0) is 14.4 Å². The van der Waals surface area contributed by atoms with E-state index in [1.165, 1.54) is 0 Å². The Kier molecular flexibility index (Phi) is 6.68. The van der Waals surface area contributed by atoms with Crippen molar-refractivity contribution >= 4 is 29.1 Å². The third kappa shape index (κ3) is 4.91. The summed E-state index contributed by atoms with van der Waals surface area (Å²) in [4.78, 5) is 38.3. The number of hydrogen-bond acceptors (Lipinski definition) is 4. The Balaban J connectivity index is 1.63. The molecule has 3 rings (SSSR count). The standard InChI is InChI=1S/C21H27N3O4/c1-28-18-11-10-16(13-17(18)24-12-6-5-9-19(24)25)23-21(27)20(26)22-14-15-7-3-2-4-8-15/h2-3,10-11,13,15H,4-9,12,14H2,1H3,(H,22,26)(H,23,27). The number of hydrogen-bond donors (Lipinski definition) is 2. The number of nitrogens with one attached hydrogen (secondary N) is 2. The second-order valence-electron chi connectivity index (χ2n) is 7.20. The van der Waals surface area contributed by atoms with Crippen molar-refractivity contribution < 1.29 is 19.1 Å². The lowest BCUT2D eigenvalue weighted by atomic mass is 9.94. The molecule has 0 spiro atoms. The van der Waals surface area contributed by atoms with Crippen LogP contribution in [0.3, 0.4) is 0 Å². The van der Waals surface area contributed by atoms with Gasteiger partial charge in [0.15, 0.2) is 0 Å². The Bertz CT molecular complexity index is 775. The van der Waals surface area contributed by atoms with E-state index in [4.69, 9.17) is 4.74 Å². The van der Waals surface area contributed by atoms with Crippen molar-refractivity contribution in [2.24, 2.45) is 5.92 Å². The maximum absolute atomic E-state index is 12.3. The van der Waals surface area contributed by atoms with Crippen molar-refractivity contribution in [1.29, 1.82) is 0 Å². The number of carbonyl (C=O) groups excluding carboxylic acids is 3. The van der Waals surface area contributed by atoms with Crippen molar-refractivity contribution in [3.05, 3.63) is 30.4 Å². The molecule has 7 nitrogen and oxygen atoms in total. The summed E-state index contributed by atoms with van der Waals surface area (Å²) >= 11 is 0. The Hall–Kier alpha value is -2.83. The number of nitrogens with zero attached hydrogens (tertiary/aromatic N) is 1. The van der Waals surface area contributed by atoms with Gasteiger partial charge in [-0.2, -0.15) is 0 Å². The van der Waals surface area contributed by atoms with E-state index in [-0.39, 0.29) is 5.91 Å². The lowest BCUT2D eigenvalue weighted by Gasteiger charge is -2.28. The SMILES string of the molecule is COc1ccc(NC(=O)C(=O)NCC2CC=CCC2)cc1N1CCCCC1=O. The predicted octanol–water partition coefficient (Wildman–Crippen LogP) is 2.62. The van der Waals surface area contributed by atoms with Gasteiger partial charge >= 0.3 is 11.8 Å². The minimum Gasteiger partial charge on any atom is -0.495 e. The molecule has 1 saturated heterocycles. The second-order valence-corrected chi connectivity index (χ2v) is 7.20. The largest absolute Gasteiger partial charge is 0.495 e. The molecule has 1 fully saturated rings. The van der Waals surface area contributed by atoms with Gasteiger partial charge in [-0.05, 0) is 56.2 Å². The summed E-state index contributed by atoms with van der Waals surface area (Å²) in [6, 6.07) is 5.03. The van der Waals surface area contributed by atoms with Gasteiger partial charge < -0.3 is 20.3 Å². The number of methoxy groups -OCH3 is 1.